The first-order valence-electron chi connectivity index (χ1n) is 6.29. The normalized spacial score (nSPS) is 10.7. The Morgan fingerprint density at radius 3 is 2.79 bits per heavy atom. The molecule has 102 valence electrons. The van der Waals surface area contributed by atoms with Crippen molar-refractivity contribution in [3.8, 4) is 0 Å². The highest BCUT2D eigenvalue weighted by Crippen LogP contribution is 2.11. The van der Waals surface area contributed by atoms with E-state index in [1.807, 2.05) is 13.1 Å². The van der Waals surface area contributed by atoms with E-state index in [2.05, 4.69) is 20.7 Å². The number of amides is 1. The molecule has 0 bridgehead atoms. The van der Waals surface area contributed by atoms with Crippen LogP contribution in [0.2, 0.25) is 0 Å². The molecule has 6 heteroatoms. The van der Waals surface area contributed by atoms with E-state index in [1.165, 1.54) is 5.56 Å². The number of aromatic nitrogens is 3. The molecule has 0 aliphatic heterocycles. The molecule has 1 amide bonds. The van der Waals surface area contributed by atoms with Gasteiger partial charge in [0.05, 0.1) is 11.9 Å². The van der Waals surface area contributed by atoms with Crippen LogP contribution in [0.15, 0.2) is 10.7 Å². The van der Waals surface area contributed by atoms with Crippen LogP contribution in [0.25, 0.3) is 0 Å². The zero-order valence-electron chi connectivity index (χ0n) is 11.4. The summed E-state index contributed by atoms with van der Waals surface area (Å²) in [6.45, 7) is 6.11. The lowest BCUT2D eigenvalue weighted by molar-refractivity contribution is 0.0951. The summed E-state index contributed by atoms with van der Waals surface area (Å²) in [5.74, 6) is 0.431. The van der Waals surface area contributed by atoms with Crippen LogP contribution >= 0.6 is 0 Å². The summed E-state index contributed by atoms with van der Waals surface area (Å²) in [5, 5.41) is 13.5. The minimum Gasteiger partial charge on any atom is -0.361 e. The molecule has 2 heterocycles. The van der Waals surface area contributed by atoms with Gasteiger partial charge in [-0.05, 0) is 39.2 Å². The molecular weight excluding hydrogens is 244 g/mol. The van der Waals surface area contributed by atoms with E-state index in [0.29, 0.717) is 23.6 Å². The average molecular weight is 262 g/mol. The number of carbonyl (C=O) groups is 1. The van der Waals surface area contributed by atoms with Gasteiger partial charge in [0.15, 0.2) is 0 Å². The molecule has 2 rings (SSSR count). The quantitative estimate of drug-likeness (QED) is 0.803. The van der Waals surface area contributed by atoms with Crippen molar-refractivity contribution in [1.82, 2.24) is 20.7 Å². The fourth-order valence-electron chi connectivity index (χ4n) is 2.00. The highest BCUT2D eigenvalue weighted by molar-refractivity contribution is 5.96. The summed E-state index contributed by atoms with van der Waals surface area (Å²) in [5.41, 5.74) is 3.43. The van der Waals surface area contributed by atoms with Crippen LogP contribution < -0.4 is 5.32 Å². The zero-order valence-corrected chi connectivity index (χ0v) is 11.4. The van der Waals surface area contributed by atoms with Gasteiger partial charge in [0.1, 0.15) is 11.3 Å². The minimum atomic E-state index is -0.125. The lowest BCUT2D eigenvalue weighted by Gasteiger charge is -2.04. The Hall–Kier alpha value is -2.11. The van der Waals surface area contributed by atoms with Gasteiger partial charge < -0.3 is 9.84 Å². The first-order chi connectivity index (χ1) is 9.09. The molecule has 6 nitrogen and oxygen atoms in total. The van der Waals surface area contributed by atoms with E-state index in [9.17, 15) is 4.79 Å². The Morgan fingerprint density at radius 1 is 1.42 bits per heavy atom. The molecule has 19 heavy (non-hydrogen) atoms. The van der Waals surface area contributed by atoms with Crippen LogP contribution in [0.4, 0.5) is 0 Å². The van der Waals surface area contributed by atoms with Gasteiger partial charge >= 0.3 is 0 Å². The summed E-state index contributed by atoms with van der Waals surface area (Å²) in [6.07, 6.45) is 3.59. The summed E-state index contributed by atoms with van der Waals surface area (Å²) in [6, 6.07) is 0. The van der Waals surface area contributed by atoms with Gasteiger partial charge in [-0.25, -0.2) is 0 Å². The first kappa shape index (κ1) is 13.3. The van der Waals surface area contributed by atoms with Crippen molar-refractivity contribution >= 4 is 5.91 Å². The second-order valence-corrected chi connectivity index (χ2v) is 4.58. The monoisotopic (exact) mass is 262 g/mol. The Morgan fingerprint density at radius 2 is 2.21 bits per heavy atom. The van der Waals surface area contributed by atoms with E-state index < -0.39 is 0 Å². The molecule has 0 saturated heterocycles. The molecule has 0 saturated carbocycles. The van der Waals surface area contributed by atoms with Gasteiger partial charge in [-0.15, -0.1) is 0 Å². The van der Waals surface area contributed by atoms with E-state index in [0.717, 1.165) is 18.5 Å². The smallest absolute Gasteiger partial charge is 0.256 e. The number of nitrogens with one attached hydrogen (secondary N) is 2. The summed E-state index contributed by atoms with van der Waals surface area (Å²) in [4.78, 5) is 11.9. The number of aromatic amines is 1. The van der Waals surface area contributed by atoms with Crippen LogP contribution in [0.5, 0.6) is 0 Å². The van der Waals surface area contributed by atoms with Crippen LogP contribution in [-0.2, 0) is 6.42 Å². The van der Waals surface area contributed by atoms with Gasteiger partial charge in [-0.3, -0.25) is 9.89 Å². The van der Waals surface area contributed by atoms with Crippen LogP contribution in [0, 0.1) is 20.8 Å². The number of H-pyrrole nitrogens is 1. The van der Waals surface area contributed by atoms with E-state index in [1.54, 1.807) is 13.8 Å². The van der Waals surface area contributed by atoms with Crippen molar-refractivity contribution < 1.29 is 9.32 Å². The van der Waals surface area contributed by atoms with Crippen molar-refractivity contribution in [2.75, 3.05) is 6.54 Å². The minimum absolute atomic E-state index is 0.125. The Bertz CT molecular complexity index is 551. The molecule has 2 aromatic rings. The van der Waals surface area contributed by atoms with Crippen LogP contribution in [0.1, 0.15) is 39.5 Å². The van der Waals surface area contributed by atoms with Crippen molar-refractivity contribution in [2.24, 2.45) is 0 Å². The van der Waals surface area contributed by atoms with Gasteiger partial charge in [0, 0.05) is 12.2 Å². The maximum atomic E-state index is 11.9. The summed E-state index contributed by atoms with van der Waals surface area (Å²) < 4.78 is 4.97. The average Bonchev–Trinajstić information content (AvgIpc) is 2.92. The summed E-state index contributed by atoms with van der Waals surface area (Å²) in [7, 11) is 0. The Balaban J connectivity index is 1.80. The Labute approximate surface area is 111 Å². The van der Waals surface area contributed by atoms with Crippen molar-refractivity contribution in [1.29, 1.82) is 0 Å². The van der Waals surface area contributed by atoms with Gasteiger partial charge in [0.25, 0.3) is 5.91 Å². The van der Waals surface area contributed by atoms with E-state index >= 15 is 0 Å². The van der Waals surface area contributed by atoms with E-state index in [-0.39, 0.29) is 5.91 Å². The van der Waals surface area contributed by atoms with Gasteiger partial charge in [-0.2, -0.15) is 5.10 Å². The predicted octanol–water partition coefficient (Wildman–Crippen LogP) is 1.69. The van der Waals surface area contributed by atoms with Crippen molar-refractivity contribution in [3.63, 3.8) is 0 Å². The molecule has 0 aromatic carbocycles. The number of rotatable bonds is 5. The number of nitrogens with zero attached hydrogens (tertiary/aromatic N) is 2. The highest BCUT2D eigenvalue weighted by atomic mass is 16.5. The number of aryl methyl sites for hydroxylation is 4. The van der Waals surface area contributed by atoms with E-state index in [4.69, 9.17) is 4.52 Å². The SMILES string of the molecule is Cc1noc(C)c1C(=O)NCCCc1cn[nH]c1C. The second-order valence-electron chi connectivity index (χ2n) is 4.58. The zero-order chi connectivity index (χ0) is 13.8. The third kappa shape index (κ3) is 3.01. The lowest BCUT2D eigenvalue weighted by Crippen LogP contribution is -2.25. The van der Waals surface area contributed by atoms with Crippen LogP contribution in [0.3, 0.4) is 0 Å². The third-order valence-corrected chi connectivity index (χ3v) is 3.10. The Kier molecular flexibility index (Phi) is 3.99. The number of hydrogen-bond acceptors (Lipinski definition) is 4. The number of hydrogen-bond donors (Lipinski definition) is 2. The molecule has 0 unspecified atom stereocenters. The van der Waals surface area contributed by atoms with Crippen LogP contribution in [-0.4, -0.2) is 27.8 Å². The second kappa shape index (κ2) is 5.69. The fourth-order valence-corrected chi connectivity index (χ4v) is 2.00. The maximum Gasteiger partial charge on any atom is 0.256 e. The largest absolute Gasteiger partial charge is 0.361 e. The predicted molar refractivity (Wildman–Crippen MR) is 70.0 cm³/mol. The first-order valence-corrected chi connectivity index (χ1v) is 6.29. The molecule has 0 aliphatic rings. The molecule has 0 aliphatic carbocycles. The van der Waals surface area contributed by atoms with Gasteiger partial charge in [-0.1, -0.05) is 5.16 Å². The van der Waals surface area contributed by atoms with Crippen molar-refractivity contribution in [2.45, 2.75) is 33.6 Å². The van der Waals surface area contributed by atoms with Crippen molar-refractivity contribution in [3.05, 3.63) is 34.5 Å². The molecule has 0 atom stereocenters. The molecule has 0 fully saturated rings. The molecule has 2 N–H and O–H groups in total. The molecule has 0 radical (unpaired) electrons. The third-order valence-electron chi connectivity index (χ3n) is 3.10. The molecule has 0 spiro atoms. The summed E-state index contributed by atoms with van der Waals surface area (Å²) >= 11 is 0. The highest BCUT2D eigenvalue weighted by Gasteiger charge is 2.16. The maximum absolute atomic E-state index is 11.9. The lowest BCUT2D eigenvalue weighted by atomic mass is 10.1. The topological polar surface area (TPSA) is 83.8 Å². The standard InChI is InChI=1S/C13H18N4O2/c1-8-11(7-15-16-8)5-4-6-14-13(18)12-9(2)17-19-10(12)3/h7H,4-6H2,1-3H3,(H,14,18)(H,15,16). The fraction of sp³-hybridized carbons (Fsp3) is 0.462. The van der Waals surface area contributed by atoms with Gasteiger partial charge in [0.2, 0.25) is 0 Å². The molecular formula is C13H18N4O2. The number of carbonyl (C=O) groups excluding carboxylic acids is 1. The molecule has 2 aromatic heterocycles.